The Bertz CT molecular complexity index is 543. The Morgan fingerprint density at radius 1 is 1.24 bits per heavy atom. The van der Waals surface area contributed by atoms with E-state index in [4.69, 9.17) is 0 Å². The Morgan fingerprint density at radius 2 is 1.76 bits per heavy atom. The van der Waals surface area contributed by atoms with E-state index in [1.54, 1.807) is 0 Å². The summed E-state index contributed by atoms with van der Waals surface area (Å²) >= 11 is 0. The van der Waals surface area contributed by atoms with Crippen LogP contribution in [0.25, 0.3) is 0 Å². The van der Waals surface area contributed by atoms with E-state index in [2.05, 4.69) is 16.9 Å². The van der Waals surface area contributed by atoms with E-state index in [1.165, 1.54) is 25.7 Å². The summed E-state index contributed by atoms with van der Waals surface area (Å²) in [4.78, 5) is 15.0. The number of aromatic nitrogens is 2. The highest BCUT2D eigenvalue weighted by Gasteiger charge is 2.45. The molecular formula is C17H27N3O. The van der Waals surface area contributed by atoms with Gasteiger partial charge in [0.25, 0.3) is 0 Å². The molecule has 1 aromatic rings. The second-order valence-corrected chi connectivity index (χ2v) is 7.04. The van der Waals surface area contributed by atoms with Gasteiger partial charge < -0.3 is 4.90 Å². The number of nitrogens with zero attached hydrogens (tertiary/aromatic N) is 3. The van der Waals surface area contributed by atoms with Crippen molar-refractivity contribution in [3.05, 3.63) is 17.0 Å². The molecule has 21 heavy (non-hydrogen) atoms. The Kier molecular flexibility index (Phi) is 3.58. The van der Waals surface area contributed by atoms with Crippen LogP contribution in [0.15, 0.2) is 0 Å². The molecule has 0 unspecified atom stereocenters. The van der Waals surface area contributed by atoms with Crippen LogP contribution in [0.4, 0.5) is 0 Å². The Morgan fingerprint density at radius 3 is 2.14 bits per heavy atom. The number of hydrogen-bond acceptors (Lipinski definition) is 2. The van der Waals surface area contributed by atoms with Crippen LogP contribution in [0.1, 0.15) is 55.5 Å². The highest BCUT2D eigenvalue weighted by molar-refractivity contribution is 5.84. The summed E-state index contributed by atoms with van der Waals surface area (Å²) in [5, 5.41) is 4.46. The lowest BCUT2D eigenvalue weighted by molar-refractivity contribution is -0.134. The lowest BCUT2D eigenvalue weighted by Gasteiger charge is -2.31. The van der Waals surface area contributed by atoms with Crippen molar-refractivity contribution in [1.29, 1.82) is 0 Å². The number of carbonyl (C=O) groups excluding carboxylic acids is 1. The fraction of sp³-hybridized carbons (Fsp3) is 0.765. The minimum atomic E-state index is -0.0938. The van der Waals surface area contributed by atoms with Crippen LogP contribution in [-0.4, -0.2) is 33.7 Å². The van der Waals surface area contributed by atoms with Crippen molar-refractivity contribution in [1.82, 2.24) is 14.7 Å². The first-order valence-electron chi connectivity index (χ1n) is 8.18. The molecule has 2 aliphatic rings. The molecule has 1 aromatic heterocycles. The van der Waals surface area contributed by atoms with Gasteiger partial charge in [-0.15, -0.1) is 0 Å². The lowest BCUT2D eigenvalue weighted by atomic mass is 9.96. The number of carbonyl (C=O) groups is 1. The highest BCUT2D eigenvalue weighted by atomic mass is 16.2. The van der Waals surface area contributed by atoms with Gasteiger partial charge in [0, 0.05) is 31.4 Å². The molecule has 1 heterocycles. The van der Waals surface area contributed by atoms with Crippen molar-refractivity contribution in [2.24, 2.45) is 18.9 Å². The molecule has 0 aliphatic heterocycles. The normalized spacial score (nSPS) is 19.9. The fourth-order valence-corrected chi connectivity index (χ4v) is 3.89. The molecule has 116 valence electrons. The molecule has 4 heteroatoms. The summed E-state index contributed by atoms with van der Waals surface area (Å²) in [5.74, 6) is 1.69. The second kappa shape index (κ2) is 5.15. The topological polar surface area (TPSA) is 38.1 Å². The fourth-order valence-electron chi connectivity index (χ4n) is 3.89. The maximum atomic E-state index is 13.0. The molecule has 2 saturated carbocycles. The van der Waals surface area contributed by atoms with Gasteiger partial charge in [-0.25, -0.2) is 0 Å². The number of likely N-dealkylation sites (N-methyl/N-ethyl adjacent to an activating group) is 1. The van der Waals surface area contributed by atoms with Crippen molar-refractivity contribution in [3.8, 4) is 0 Å². The zero-order valence-electron chi connectivity index (χ0n) is 13.9. The predicted octanol–water partition coefficient (Wildman–Crippen LogP) is 2.79. The smallest absolute Gasteiger partial charge is 0.229 e. The molecule has 3 rings (SSSR count). The number of aryl methyl sites for hydroxylation is 2. The molecule has 4 nitrogen and oxygen atoms in total. The quantitative estimate of drug-likeness (QED) is 0.836. The third kappa shape index (κ3) is 2.60. The van der Waals surface area contributed by atoms with Crippen molar-refractivity contribution < 1.29 is 4.79 Å². The van der Waals surface area contributed by atoms with Gasteiger partial charge in [-0.3, -0.25) is 9.48 Å². The summed E-state index contributed by atoms with van der Waals surface area (Å²) in [6.45, 7) is 6.09. The standard InChI is InChI=1S/C17H27N3O/c1-10(15-11(2)18-20(5)12(15)3)17(21)19(4)16(13-6-7-13)14-8-9-14/h10,13-14,16H,6-9H2,1-5H3/t10-/m1/s1. The first-order chi connectivity index (χ1) is 9.91. The van der Waals surface area contributed by atoms with Gasteiger partial charge in [0.15, 0.2) is 0 Å². The van der Waals surface area contributed by atoms with Crippen molar-refractivity contribution in [2.45, 2.75) is 58.4 Å². The third-order valence-electron chi connectivity index (χ3n) is 5.37. The minimum absolute atomic E-state index is 0.0938. The van der Waals surface area contributed by atoms with E-state index < -0.39 is 0 Å². The van der Waals surface area contributed by atoms with Crippen molar-refractivity contribution >= 4 is 5.91 Å². The van der Waals surface area contributed by atoms with Gasteiger partial charge in [-0.2, -0.15) is 5.10 Å². The van der Waals surface area contributed by atoms with Crippen LogP contribution in [-0.2, 0) is 11.8 Å². The molecule has 2 fully saturated rings. The molecule has 0 bridgehead atoms. The lowest BCUT2D eigenvalue weighted by Crippen LogP contribution is -2.42. The Labute approximate surface area is 127 Å². The molecule has 0 spiro atoms. The second-order valence-electron chi connectivity index (χ2n) is 7.04. The van der Waals surface area contributed by atoms with Crippen LogP contribution >= 0.6 is 0 Å². The van der Waals surface area contributed by atoms with E-state index in [1.807, 2.05) is 32.6 Å². The van der Waals surface area contributed by atoms with Crippen LogP contribution in [0.5, 0.6) is 0 Å². The van der Waals surface area contributed by atoms with E-state index in [9.17, 15) is 4.79 Å². The van der Waals surface area contributed by atoms with Gasteiger partial charge in [0.1, 0.15) is 0 Å². The Balaban J connectivity index is 1.80. The molecule has 1 atom stereocenters. The first kappa shape index (κ1) is 14.6. The maximum absolute atomic E-state index is 13.0. The maximum Gasteiger partial charge on any atom is 0.229 e. The molecule has 0 radical (unpaired) electrons. The van der Waals surface area contributed by atoms with Gasteiger partial charge in [-0.1, -0.05) is 0 Å². The van der Waals surface area contributed by atoms with Gasteiger partial charge in [0.05, 0.1) is 11.6 Å². The van der Waals surface area contributed by atoms with E-state index in [0.717, 1.165) is 28.8 Å². The van der Waals surface area contributed by atoms with E-state index in [0.29, 0.717) is 6.04 Å². The average molecular weight is 289 g/mol. The summed E-state index contributed by atoms with van der Waals surface area (Å²) in [5.41, 5.74) is 3.20. The third-order valence-corrected chi connectivity index (χ3v) is 5.37. The zero-order valence-corrected chi connectivity index (χ0v) is 13.9. The van der Waals surface area contributed by atoms with Gasteiger partial charge in [0.2, 0.25) is 5.91 Å². The number of amides is 1. The molecule has 1 amide bonds. The van der Waals surface area contributed by atoms with Crippen LogP contribution in [0.3, 0.4) is 0 Å². The van der Waals surface area contributed by atoms with Gasteiger partial charge >= 0.3 is 0 Å². The van der Waals surface area contributed by atoms with E-state index in [-0.39, 0.29) is 11.8 Å². The SMILES string of the molecule is Cc1nn(C)c(C)c1[C@@H](C)C(=O)N(C)C(C1CC1)C1CC1. The van der Waals surface area contributed by atoms with Crippen LogP contribution in [0.2, 0.25) is 0 Å². The first-order valence-corrected chi connectivity index (χ1v) is 8.18. The van der Waals surface area contributed by atoms with Crippen LogP contribution < -0.4 is 0 Å². The van der Waals surface area contributed by atoms with Crippen molar-refractivity contribution in [3.63, 3.8) is 0 Å². The minimum Gasteiger partial charge on any atom is -0.342 e. The summed E-state index contributed by atoms with van der Waals surface area (Å²) < 4.78 is 1.88. The molecule has 0 aromatic carbocycles. The summed E-state index contributed by atoms with van der Waals surface area (Å²) in [6.07, 6.45) is 5.21. The highest BCUT2D eigenvalue weighted by Crippen LogP contribution is 2.47. The van der Waals surface area contributed by atoms with Crippen molar-refractivity contribution in [2.75, 3.05) is 7.05 Å². The van der Waals surface area contributed by atoms with Gasteiger partial charge in [-0.05, 0) is 58.3 Å². The Hall–Kier alpha value is -1.32. The molecular weight excluding hydrogens is 262 g/mol. The monoisotopic (exact) mass is 289 g/mol. The molecule has 2 aliphatic carbocycles. The average Bonchev–Trinajstić information content (AvgIpc) is 3.31. The zero-order chi connectivity index (χ0) is 15.3. The largest absolute Gasteiger partial charge is 0.342 e. The molecule has 0 N–H and O–H groups in total. The summed E-state index contributed by atoms with van der Waals surface area (Å²) in [7, 11) is 3.96. The van der Waals surface area contributed by atoms with E-state index >= 15 is 0 Å². The number of rotatable bonds is 5. The number of hydrogen-bond donors (Lipinski definition) is 0. The molecule has 0 saturated heterocycles. The predicted molar refractivity (Wildman–Crippen MR) is 83.1 cm³/mol. The van der Waals surface area contributed by atoms with Crippen LogP contribution in [0, 0.1) is 25.7 Å². The summed E-state index contributed by atoms with van der Waals surface area (Å²) in [6, 6.07) is 0.484.